The molecule has 0 fully saturated rings. The molecule has 0 atom stereocenters. The van der Waals surface area contributed by atoms with E-state index in [9.17, 15) is 25.0 Å². The lowest BCUT2D eigenvalue weighted by Gasteiger charge is -2.09. The number of esters is 1. The third-order valence-corrected chi connectivity index (χ3v) is 3.78. The first kappa shape index (κ1) is 20.4. The maximum absolute atomic E-state index is 12.0. The fourth-order valence-electron chi connectivity index (χ4n) is 2.41. The van der Waals surface area contributed by atoms with Gasteiger partial charge in [-0.2, -0.15) is 0 Å². The second kappa shape index (κ2) is 10.3. The van der Waals surface area contributed by atoms with Gasteiger partial charge in [0.05, 0.1) is 29.8 Å². The second-order valence-electron chi connectivity index (χ2n) is 5.76. The first-order chi connectivity index (χ1) is 13.0. The molecule has 0 saturated carbocycles. The Morgan fingerprint density at radius 2 is 1.78 bits per heavy atom. The first-order valence-corrected chi connectivity index (χ1v) is 8.48. The van der Waals surface area contributed by atoms with Crippen LogP contribution in [0.3, 0.4) is 0 Å². The number of carbonyl (C=O) groups excluding carboxylic acids is 1. The average molecular weight is 373 g/mol. The monoisotopic (exact) mass is 373 g/mol. The van der Waals surface area contributed by atoms with Gasteiger partial charge in [-0.3, -0.25) is 10.1 Å². The predicted molar refractivity (Wildman–Crippen MR) is 99.0 cm³/mol. The molecule has 0 aliphatic heterocycles. The van der Waals surface area contributed by atoms with Crippen LogP contribution in [0.4, 0.5) is 5.69 Å². The van der Waals surface area contributed by atoms with E-state index in [1.54, 1.807) is 24.3 Å². The molecule has 0 aliphatic carbocycles. The zero-order chi connectivity index (χ0) is 19.6. The highest BCUT2D eigenvalue weighted by Gasteiger charge is 2.20. The minimum atomic E-state index is -1.74. The van der Waals surface area contributed by atoms with Gasteiger partial charge < -0.3 is 19.5 Å². The average Bonchev–Trinajstić information content (AvgIpc) is 2.67. The van der Waals surface area contributed by atoms with Crippen LogP contribution in [0.15, 0.2) is 48.5 Å². The van der Waals surface area contributed by atoms with Crippen molar-refractivity contribution in [3.05, 3.63) is 64.2 Å². The summed E-state index contributed by atoms with van der Waals surface area (Å²) in [6.07, 6.45) is 2.06. The van der Waals surface area contributed by atoms with E-state index in [1.165, 1.54) is 24.3 Å². The zero-order valence-corrected chi connectivity index (χ0v) is 14.6. The zero-order valence-electron chi connectivity index (χ0n) is 14.6. The van der Waals surface area contributed by atoms with Gasteiger partial charge >= 0.3 is 13.1 Å². The fourth-order valence-corrected chi connectivity index (χ4v) is 2.41. The lowest BCUT2D eigenvalue weighted by molar-refractivity contribution is -0.384. The van der Waals surface area contributed by atoms with Gasteiger partial charge in [-0.1, -0.05) is 24.3 Å². The van der Waals surface area contributed by atoms with E-state index < -0.39 is 18.0 Å². The molecular weight excluding hydrogens is 353 g/mol. The van der Waals surface area contributed by atoms with E-state index in [1.807, 2.05) is 0 Å². The molecule has 0 heterocycles. The van der Waals surface area contributed by atoms with Crippen LogP contribution < -0.4 is 10.2 Å². The van der Waals surface area contributed by atoms with Crippen LogP contribution in [-0.4, -0.2) is 41.3 Å². The number of nitrogens with zero attached hydrogens (tertiary/aromatic N) is 1. The molecule has 0 aliphatic rings. The molecule has 2 rings (SSSR count). The maximum Gasteiger partial charge on any atom is 0.489 e. The Hall–Kier alpha value is -2.91. The Balaban J connectivity index is 1.66. The van der Waals surface area contributed by atoms with Gasteiger partial charge in [-0.05, 0) is 36.9 Å². The van der Waals surface area contributed by atoms with Crippen LogP contribution in [-0.2, 0) is 4.74 Å². The summed E-state index contributed by atoms with van der Waals surface area (Å²) in [5.74, 6) is -0.165. The Bertz CT molecular complexity index is 782. The first-order valence-electron chi connectivity index (χ1n) is 8.48. The van der Waals surface area contributed by atoms with Gasteiger partial charge in [-0.25, -0.2) is 4.79 Å². The molecule has 8 nitrogen and oxygen atoms in total. The van der Waals surface area contributed by atoms with Crippen LogP contribution in [0.1, 0.15) is 29.6 Å². The molecule has 2 aromatic carbocycles. The van der Waals surface area contributed by atoms with Crippen molar-refractivity contribution in [3.63, 3.8) is 0 Å². The van der Waals surface area contributed by atoms with Crippen LogP contribution >= 0.6 is 0 Å². The summed E-state index contributed by atoms with van der Waals surface area (Å²) in [5.41, 5.74) is 0.210. The molecule has 0 saturated heterocycles. The van der Waals surface area contributed by atoms with Crippen LogP contribution in [0.5, 0.6) is 5.75 Å². The van der Waals surface area contributed by atoms with E-state index in [2.05, 4.69) is 0 Å². The summed E-state index contributed by atoms with van der Waals surface area (Å²) in [4.78, 5) is 22.2. The molecule has 0 spiro atoms. The van der Waals surface area contributed by atoms with E-state index >= 15 is 0 Å². The van der Waals surface area contributed by atoms with Gasteiger partial charge in [0.1, 0.15) is 5.75 Å². The second-order valence-corrected chi connectivity index (χ2v) is 5.76. The normalized spacial score (nSPS) is 10.3. The van der Waals surface area contributed by atoms with Crippen molar-refractivity contribution in [1.82, 2.24) is 0 Å². The van der Waals surface area contributed by atoms with E-state index in [-0.39, 0.29) is 23.3 Å². The van der Waals surface area contributed by atoms with Crippen molar-refractivity contribution in [3.8, 4) is 5.75 Å². The quantitative estimate of drug-likeness (QED) is 0.214. The van der Waals surface area contributed by atoms with Crippen LogP contribution in [0, 0.1) is 10.1 Å². The largest absolute Gasteiger partial charge is 0.493 e. The Kier molecular flexibility index (Phi) is 7.78. The number of hydrogen-bond donors (Lipinski definition) is 2. The lowest BCUT2D eigenvalue weighted by atomic mass is 9.77. The fraction of sp³-hybridized carbons (Fsp3) is 0.278. The van der Waals surface area contributed by atoms with Gasteiger partial charge in [0.2, 0.25) is 0 Å². The van der Waals surface area contributed by atoms with Gasteiger partial charge in [0.25, 0.3) is 5.69 Å². The summed E-state index contributed by atoms with van der Waals surface area (Å²) >= 11 is 0. The van der Waals surface area contributed by atoms with Crippen LogP contribution in [0.25, 0.3) is 0 Å². The molecule has 2 N–H and O–H groups in total. The third-order valence-electron chi connectivity index (χ3n) is 3.78. The summed E-state index contributed by atoms with van der Waals surface area (Å²) in [6, 6.07) is 12.1. The number of ether oxygens (including phenoxy) is 2. The number of carbonyl (C=O) groups is 1. The number of non-ortho nitro benzene ring substituents is 1. The number of benzene rings is 2. The van der Waals surface area contributed by atoms with Gasteiger partial charge in [0, 0.05) is 6.07 Å². The van der Waals surface area contributed by atoms with E-state index in [0.717, 1.165) is 6.42 Å². The number of rotatable bonds is 10. The van der Waals surface area contributed by atoms with Crippen molar-refractivity contribution < 1.29 is 29.2 Å². The molecule has 9 heteroatoms. The van der Waals surface area contributed by atoms with Crippen molar-refractivity contribution >= 4 is 24.2 Å². The Labute approximate surface area is 156 Å². The standard InChI is InChI=1S/C18H20BNO7/c21-18(16-9-2-3-10-17(16)19(22)23)27-12-5-1-4-11-26-15-8-6-7-14(13-15)20(24)25/h2-3,6-10,13,22-23H,1,4-5,11-12H2. The van der Waals surface area contributed by atoms with E-state index in [0.29, 0.717) is 25.2 Å². The molecule has 0 radical (unpaired) electrons. The molecule has 2 aromatic rings. The highest BCUT2D eigenvalue weighted by atomic mass is 16.6. The predicted octanol–water partition coefficient (Wildman–Crippen LogP) is 1.68. The van der Waals surface area contributed by atoms with Crippen LogP contribution in [0.2, 0.25) is 0 Å². The number of nitro benzene ring substituents is 1. The maximum atomic E-state index is 12.0. The van der Waals surface area contributed by atoms with Crippen molar-refractivity contribution in [2.75, 3.05) is 13.2 Å². The number of hydrogen-bond acceptors (Lipinski definition) is 7. The number of nitro groups is 1. The molecule has 142 valence electrons. The van der Waals surface area contributed by atoms with E-state index in [4.69, 9.17) is 9.47 Å². The third kappa shape index (κ3) is 6.39. The summed E-state index contributed by atoms with van der Waals surface area (Å²) < 4.78 is 10.6. The smallest absolute Gasteiger partial charge is 0.489 e. The molecule has 0 bridgehead atoms. The number of unbranched alkanes of at least 4 members (excludes halogenated alkanes) is 2. The molecule has 0 unspecified atom stereocenters. The Morgan fingerprint density at radius 3 is 2.52 bits per heavy atom. The van der Waals surface area contributed by atoms with Gasteiger partial charge in [-0.15, -0.1) is 0 Å². The Morgan fingerprint density at radius 1 is 1.04 bits per heavy atom. The summed E-state index contributed by atoms with van der Waals surface area (Å²) in [7, 11) is -1.74. The molecule has 0 amide bonds. The van der Waals surface area contributed by atoms with Gasteiger partial charge in [0.15, 0.2) is 0 Å². The van der Waals surface area contributed by atoms with Crippen molar-refractivity contribution in [2.45, 2.75) is 19.3 Å². The highest BCUT2D eigenvalue weighted by molar-refractivity contribution is 6.60. The minimum Gasteiger partial charge on any atom is -0.493 e. The summed E-state index contributed by atoms with van der Waals surface area (Å²) in [5, 5.41) is 29.2. The minimum absolute atomic E-state index is 0.0207. The van der Waals surface area contributed by atoms with Crippen molar-refractivity contribution in [1.29, 1.82) is 0 Å². The summed E-state index contributed by atoms with van der Waals surface area (Å²) in [6.45, 7) is 0.597. The SMILES string of the molecule is O=C(OCCCCCOc1cccc([N+](=O)[O-])c1)c1ccccc1B(O)O. The topological polar surface area (TPSA) is 119 Å². The molecule has 0 aromatic heterocycles. The molecule has 27 heavy (non-hydrogen) atoms. The highest BCUT2D eigenvalue weighted by Crippen LogP contribution is 2.19. The lowest BCUT2D eigenvalue weighted by Crippen LogP contribution is -2.35. The van der Waals surface area contributed by atoms with Crippen molar-refractivity contribution in [2.24, 2.45) is 0 Å². The molecular formula is C18H20BNO7.